The molecule has 2 heterocycles. The minimum Gasteiger partial charge on any atom is -0.452 e. The molecule has 3 aromatic rings. The molecule has 0 aromatic heterocycles. The van der Waals surface area contributed by atoms with Gasteiger partial charge in [-0.25, -0.2) is 9.69 Å². The molecule has 0 aliphatic carbocycles. The Morgan fingerprint density at radius 3 is 2.11 bits per heavy atom. The van der Waals surface area contributed by atoms with Crippen LogP contribution in [0, 0.1) is 0 Å². The molecule has 2 aliphatic rings. The fourth-order valence-corrected chi connectivity index (χ4v) is 4.29. The molecule has 0 atom stereocenters. The number of nitrogens with one attached hydrogen (secondary N) is 1. The molecule has 36 heavy (non-hydrogen) atoms. The van der Waals surface area contributed by atoms with E-state index in [4.69, 9.17) is 4.74 Å². The number of hydrogen-bond donors (Lipinski definition) is 1. The van der Waals surface area contributed by atoms with Gasteiger partial charge in [0.05, 0.1) is 33.8 Å². The number of fused-ring (bicyclic) bond motifs is 1. The van der Waals surface area contributed by atoms with Gasteiger partial charge in [0.25, 0.3) is 17.7 Å². The van der Waals surface area contributed by atoms with Crippen LogP contribution in [-0.4, -0.2) is 42.7 Å². The Morgan fingerprint density at radius 1 is 0.833 bits per heavy atom. The molecule has 3 aromatic carbocycles. The van der Waals surface area contributed by atoms with Crippen molar-refractivity contribution in [3.05, 3.63) is 89.5 Å². The van der Waals surface area contributed by atoms with Crippen LogP contribution in [0.2, 0.25) is 0 Å². The number of hydrogen-bond acceptors (Lipinski definition) is 6. The van der Waals surface area contributed by atoms with Gasteiger partial charge in [-0.1, -0.05) is 24.3 Å². The molecule has 5 rings (SSSR count). The molecule has 0 radical (unpaired) electrons. The normalized spacial score (nSPS) is 14.7. The van der Waals surface area contributed by atoms with Gasteiger partial charge in [0.15, 0.2) is 6.61 Å². The van der Waals surface area contributed by atoms with E-state index in [0.717, 1.165) is 11.3 Å². The summed E-state index contributed by atoms with van der Waals surface area (Å²) in [5.74, 6) is -2.16. The van der Waals surface area contributed by atoms with Crippen molar-refractivity contribution in [2.24, 2.45) is 0 Å². The number of amides is 4. The van der Waals surface area contributed by atoms with Gasteiger partial charge in [-0.3, -0.25) is 19.2 Å². The molecular weight excluding hydrogens is 462 g/mol. The van der Waals surface area contributed by atoms with E-state index in [0.29, 0.717) is 41.2 Å². The molecule has 1 saturated heterocycles. The highest BCUT2D eigenvalue weighted by molar-refractivity contribution is 6.34. The van der Waals surface area contributed by atoms with Crippen LogP contribution in [0.4, 0.5) is 17.1 Å². The lowest BCUT2D eigenvalue weighted by Gasteiger charge is -2.20. The fraction of sp³-hybridized carbons (Fsp3) is 0.148. The Balaban J connectivity index is 1.20. The van der Waals surface area contributed by atoms with Crippen LogP contribution < -0.4 is 15.1 Å². The van der Waals surface area contributed by atoms with Crippen molar-refractivity contribution in [2.45, 2.75) is 12.8 Å². The Hall–Kier alpha value is -4.79. The fourth-order valence-electron chi connectivity index (χ4n) is 4.29. The van der Waals surface area contributed by atoms with Gasteiger partial charge < -0.3 is 15.0 Å². The molecule has 180 valence electrons. The van der Waals surface area contributed by atoms with Gasteiger partial charge in [-0.2, -0.15) is 0 Å². The second kappa shape index (κ2) is 9.46. The molecule has 9 heteroatoms. The first-order chi connectivity index (χ1) is 17.4. The largest absolute Gasteiger partial charge is 0.452 e. The lowest BCUT2D eigenvalue weighted by atomic mass is 10.1. The summed E-state index contributed by atoms with van der Waals surface area (Å²) in [5, 5.41) is 2.69. The number of imide groups is 1. The lowest BCUT2D eigenvalue weighted by Crippen LogP contribution is -2.29. The minimum absolute atomic E-state index is 0.00668. The monoisotopic (exact) mass is 483 g/mol. The van der Waals surface area contributed by atoms with Crippen LogP contribution >= 0.6 is 0 Å². The number of rotatable bonds is 6. The summed E-state index contributed by atoms with van der Waals surface area (Å²) in [6.07, 6.45) is 1.22. The van der Waals surface area contributed by atoms with Crippen molar-refractivity contribution in [1.29, 1.82) is 0 Å². The summed E-state index contributed by atoms with van der Waals surface area (Å²) >= 11 is 0. The molecule has 1 N–H and O–H groups in total. The van der Waals surface area contributed by atoms with E-state index < -0.39 is 30.3 Å². The third-order valence-electron chi connectivity index (χ3n) is 6.03. The van der Waals surface area contributed by atoms with Crippen LogP contribution in [-0.2, 0) is 14.3 Å². The molecule has 9 nitrogen and oxygen atoms in total. The molecular formula is C27H21N3O6. The highest BCUT2D eigenvalue weighted by Crippen LogP contribution is 2.30. The van der Waals surface area contributed by atoms with Gasteiger partial charge in [0.1, 0.15) is 0 Å². The molecule has 4 amide bonds. The second-order valence-corrected chi connectivity index (χ2v) is 8.33. The average Bonchev–Trinajstić information content (AvgIpc) is 3.43. The van der Waals surface area contributed by atoms with E-state index in [1.54, 1.807) is 53.4 Å². The minimum atomic E-state index is -0.734. The van der Waals surface area contributed by atoms with Crippen molar-refractivity contribution in [1.82, 2.24) is 0 Å². The van der Waals surface area contributed by atoms with E-state index in [-0.39, 0.29) is 11.5 Å². The van der Waals surface area contributed by atoms with Crippen LogP contribution in [0.15, 0.2) is 72.8 Å². The quantitative estimate of drug-likeness (QED) is 0.425. The SMILES string of the molecule is O=C(COC(=O)c1ccc(N2C(=O)c3ccccc3C2=O)cc1)Nc1ccccc1N1CCCC1=O. The van der Waals surface area contributed by atoms with Crippen LogP contribution in [0.1, 0.15) is 43.9 Å². The molecule has 0 saturated carbocycles. The summed E-state index contributed by atoms with van der Waals surface area (Å²) < 4.78 is 5.13. The highest BCUT2D eigenvalue weighted by atomic mass is 16.5. The molecule has 1 fully saturated rings. The number of nitrogens with zero attached hydrogens (tertiary/aromatic N) is 2. The van der Waals surface area contributed by atoms with Gasteiger partial charge in [-0.05, 0) is 55.0 Å². The summed E-state index contributed by atoms with van der Waals surface area (Å²) in [4.78, 5) is 64.9. The van der Waals surface area contributed by atoms with Gasteiger partial charge in [0, 0.05) is 13.0 Å². The summed E-state index contributed by atoms with van der Waals surface area (Å²) in [6, 6.07) is 19.3. The number of carbonyl (C=O) groups excluding carboxylic acids is 5. The van der Waals surface area contributed by atoms with E-state index in [2.05, 4.69) is 5.32 Å². The smallest absolute Gasteiger partial charge is 0.338 e. The molecule has 0 bridgehead atoms. The van der Waals surface area contributed by atoms with Crippen molar-refractivity contribution in [2.75, 3.05) is 28.3 Å². The van der Waals surface area contributed by atoms with E-state index >= 15 is 0 Å². The van der Waals surface area contributed by atoms with Gasteiger partial charge >= 0.3 is 5.97 Å². The summed E-state index contributed by atoms with van der Waals surface area (Å²) in [7, 11) is 0. The topological polar surface area (TPSA) is 113 Å². The Kier molecular flexibility index (Phi) is 6.03. The number of esters is 1. The van der Waals surface area contributed by atoms with E-state index in [9.17, 15) is 24.0 Å². The lowest BCUT2D eigenvalue weighted by molar-refractivity contribution is -0.119. The number of ether oxygens (including phenoxy) is 1. The zero-order valence-corrected chi connectivity index (χ0v) is 19.1. The zero-order valence-electron chi connectivity index (χ0n) is 19.1. The standard InChI is InChI=1S/C27H21N3O6/c31-23(28-21-8-3-4-9-22(21)29-15-5-10-24(29)32)16-36-27(35)17-11-13-18(14-12-17)30-25(33)19-6-1-2-7-20(19)26(30)34/h1-4,6-9,11-14H,5,10,15-16H2,(H,28,31). The Labute approximate surface area is 206 Å². The third kappa shape index (κ3) is 4.22. The highest BCUT2D eigenvalue weighted by Gasteiger charge is 2.36. The first kappa shape index (κ1) is 23.0. The van der Waals surface area contributed by atoms with Gasteiger partial charge in [-0.15, -0.1) is 0 Å². The van der Waals surface area contributed by atoms with Crippen molar-refractivity contribution >= 4 is 46.7 Å². The first-order valence-corrected chi connectivity index (χ1v) is 11.4. The predicted molar refractivity (Wildman–Crippen MR) is 131 cm³/mol. The second-order valence-electron chi connectivity index (χ2n) is 8.33. The maximum atomic E-state index is 12.6. The maximum Gasteiger partial charge on any atom is 0.338 e. The molecule has 0 unspecified atom stereocenters. The van der Waals surface area contributed by atoms with E-state index in [1.807, 2.05) is 0 Å². The van der Waals surface area contributed by atoms with Crippen LogP contribution in [0.25, 0.3) is 0 Å². The maximum absolute atomic E-state index is 12.6. The summed E-state index contributed by atoms with van der Waals surface area (Å²) in [6.45, 7) is 0.0542. The van der Waals surface area contributed by atoms with Crippen molar-refractivity contribution in [3.63, 3.8) is 0 Å². The number of carbonyl (C=O) groups is 5. The number of benzene rings is 3. The van der Waals surface area contributed by atoms with Crippen LogP contribution in [0.3, 0.4) is 0 Å². The number of para-hydroxylation sites is 2. The van der Waals surface area contributed by atoms with Crippen LogP contribution in [0.5, 0.6) is 0 Å². The Bertz CT molecular complexity index is 1360. The molecule has 0 spiro atoms. The predicted octanol–water partition coefficient (Wildman–Crippen LogP) is 3.41. The van der Waals surface area contributed by atoms with Gasteiger partial charge in [0.2, 0.25) is 5.91 Å². The van der Waals surface area contributed by atoms with Crippen molar-refractivity contribution in [3.8, 4) is 0 Å². The summed E-state index contributed by atoms with van der Waals surface area (Å²) in [5.41, 5.74) is 2.19. The first-order valence-electron chi connectivity index (χ1n) is 11.4. The molecule has 2 aliphatic heterocycles. The zero-order chi connectivity index (χ0) is 25.2. The number of anilines is 3. The van der Waals surface area contributed by atoms with E-state index in [1.165, 1.54) is 24.3 Å². The Morgan fingerprint density at radius 2 is 1.47 bits per heavy atom. The average molecular weight is 483 g/mol. The van der Waals surface area contributed by atoms with Crippen molar-refractivity contribution < 1.29 is 28.7 Å². The third-order valence-corrected chi connectivity index (χ3v) is 6.03.